The van der Waals surface area contributed by atoms with Crippen LogP contribution in [-0.4, -0.2) is 59.5 Å². The molecule has 138 valence electrons. The van der Waals surface area contributed by atoms with Crippen molar-refractivity contribution in [1.82, 2.24) is 9.47 Å². The molecule has 3 heterocycles. The van der Waals surface area contributed by atoms with E-state index in [-0.39, 0.29) is 12.7 Å². The van der Waals surface area contributed by atoms with E-state index >= 15 is 0 Å². The molecule has 1 aromatic heterocycles. The van der Waals surface area contributed by atoms with Crippen molar-refractivity contribution in [2.24, 2.45) is 5.73 Å². The van der Waals surface area contributed by atoms with E-state index in [1.807, 2.05) is 16.7 Å². The van der Waals surface area contributed by atoms with Crippen molar-refractivity contribution in [3.8, 4) is 5.75 Å². The predicted octanol–water partition coefficient (Wildman–Crippen LogP) is 1.06. The number of aromatic nitrogens is 1. The van der Waals surface area contributed by atoms with E-state index in [1.54, 1.807) is 6.20 Å². The van der Waals surface area contributed by atoms with Crippen molar-refractivity contribution in [2.45, 2.75) is 19.2 Å². The lowest BCUT2D eigenvalue weighted by Crippen LogP contribution is -2.36. The Balaban J connectivity index is 1.85. The number of amides is 1. The highest BCUT2D eigenvalue weighted by Gasteiger charge is 2.24. The maximum atomic E-state index is 11.8. The molecule has 1 fully saturated rings. The average Bonchev–Trinajstić information content (AvgIpc) is 2.64. The summed E-state index contributed by atoms with van der Waals surface area (Å²) < 4.78 is 13.7. The molecule has 0 saturated carbocycles. The van der Waals surface area contributed by atoms with E-state index in [1.165, 1.54) is 0 Å². The lowest BCUT2D eigenvalue weighted by molar-refractivity contribution is 0.0341. The smallest absolute Gasteiger partial charge is 0.251 e. The Bertz CT molecular complexity index is 921. The molecule has 26 heavy (non-hydrogen) atoms. The second-order valence-electron chi connectivity index (χ2n) is 6.69. The molecule has 1 saturated heterocycles. The molecular weight excluding hydrogens is 354 g/mol. The summed E-state index contributed by atoms with van der Waals surface area (Å²) in [6.07, 6.45) is 1.30. The summed E-state index contributed by atoms with van der Waals surface area (Å²) in [6.45, 7) is 4.27. The Morgan fingerprint density at radius 1 is 1.35 bits per heavy atom. The number of rotatable bonds is 4. The second-order valence-corrected chi connectivity index (χ2v) is 7.10. The Morgan fingerprint density at radius 3 is 2.81 bits per heavy atom. The number of primary amides is 1. The SMILES string of the molecule is NC(=O)c1cn2c3c(cc(CN4CCOCC4)cc3c1=S)OC(CO)C2. The molecule has 1 atom stereocenters. The minimum Gasteiger partial charge on any atom is -0.484 e. The molecule has 4 rings (SSSR count). The fourth-order valence-electron chi connectivity index (χ4n) is 3.61. The quantitative estimate of drug-likeness (QED) is 0.777. The molecule has 2 aliphatic heterocycles. The Morgan fingerprint density at radius 2 is 2.12 bits per heavy atom. The third-order valence-corrected chi connectivity index (χ3v) is 5.31. The number of aliphatic hydroxyl groups is 1. The molecule has 0 spiro atoms. The molecule has 3 N–H and O–H groups in total. The van der Waals surface area contributed by atoms with E-state index in [4.69, 9.17) is 27.4 Å². The van der Waals surface area contributed by atoms with Crippen LogP contribution in [-0.2, 0) is 17.8 Å². The summed E-state index contributed by atoms with van der Waals surface area (Å²) in [6, 6.07) is 4.01. The third-order valence-electron chi connectivity index (χ3n) is 4.87. The summed E-state index contributed by atoms with van der Waals surface area (Å²) in [5, 5.41) is 10.3. The zero-order valence-electron chi connectivity index (χ0n) is 14.3. The van der Waals surface area contributed by atoms with Gasteiger partial charge in [0.2, 0.25) is 0 Å². The Hall–Kier alpha value is -2.00. The highest BCUT2D eigenvalue weighted by molar-refractivity contribution is 7.71. The van der Waals surface area contributed by atoms with Crippen molar-refractivity contribution >= 4 is 29.0 Å². The summed E-state index contributed by atoms with van der Waals surface area (Å²) in [7, 11) is 0. The molecule has 2 aliphatic rings. The topological polar surface area (TPSA) is 90.0 Å². The minimum atomic E-state index is -0.548. The first kappa shape index (κ1) is 17.4. The Labute approximate surface area is 155 Å². The van der Waals surface area contributed by atoms with Gasteiger partial charge in [0.25, 0.3) is 5.91 Å². The van der Waals surface area contributed by atoms with Gasteiger partial charge in [0.05, 0.1) is 42.0 Å². The largest absolute Gasteiger partial charge is 0.484 e. The fraction of sp³-hybridized carbons (Fsp3) is 0.444. The predicted molar refractivity (Wildman–Crippen MR) is 98.9 cm³/mol. The van der Waals surface area contributed by atoms with E-state index in [9.17, 15) is 9.90 Å². The number of carbonyl (C=O) groups excluding carboxylic acids is 1. The van der Waals surface area contributed by atoms with Gasteiger partial charge in [-0.3, -0.25) is 9.69 Å². The second kappa shape index (κ2) is 6.96. The van der Waals surface area contributed by atoms with E-state index in [0.29, 0.717) is 22.4 Å². The third kappa shape index (κ3) is 3.09. The van der Waals surface area contributed by atoms with Gasteiger partial charge >= 0.3 is 0 Å². The van der Waals surface area contributed by atoms with Gasteiger partial charge in [-0.15, -0.1) is 0 Å². The number of morpholine rings is 1. The molecule has 0 bridgehead atoms. The first-order chi connectivity index (χ1) is 12.6. The van der Waals surface area contributed by atoms with Crippen LogP contribution in [0.4, 0.5) is 0 Å². The van der Waals surface area contributed by atoms with E-state index < -0.39 is 5.91 Å². The van der Waals surface area contributed by atoms with Gasteiger partial charge < -0.3 is 24.9 Å². The van der Waals surface area contributed by atoms with Crippen molar-refractivity contribution in [3.63, 3.8) is 0 Å². The molecule has 8 heteroatoms. The number of benzene rings is 1. The van der Waals surface area contributed by atoms with Gasteiger partial charge in [0, 0.05) is 31.2 Å². The molecule has 1 unspecified atom stereocenters. The normalized spacial score (nSPS) is 20.1. The van der Waals surface area contributed by atoms with Crippen LogP contribution in [0.25, 0.3) is 10.9 Å². The first-order valence-corrected chi connectivity index (χ1v) is 9.05. The number of aliphatic hydroxyl groups excluding tert-OH is 1. The zero-order valence-corrected chi connectivity index (χ0v) is 15.1. The highest BCUT2D eigenvalue weighted by atomic mass is 32.1. The molecule has 0 radical (unpaired) electrons. The number of ether oxygens (including phenoxy) is 2. The lowest BCUT2D eigenvalue weighted by atomic mass is 10.0. The summed E-state index contributed by atoms with van der Waals surface area (Å²) >= 11 is 5.53. The maximum Gasteiger partial charge on any atom is 0.251 e. The lowest BCUT2D eigenvalue weighted by Gasteiger charge is -2.30. The first-order valence-electron chi connectivity index (χ1n) is 8.64. The summed E-state index contributed by atoms with van der Waals surface area (Å²) in [4.78, 5) is 14.1. The number of pyridine rings is 1. The van der Waals surface area contributed by atoms with E-state index in [2.05, 4.69) is 4.90 Å². The number of hydrogen-bond donors (Lipinski definition) is 2. The summed E-state index contributed by atoms with van der Waals surface area (Å²) in [5.41, 5.74) is 7.73. The van der Waals surface area contributed by atoms with Crippen LogP contribution in [0.1, 0.15) is 15.9 Å². The monoisotopic (exact) mass is 375 g/mol. The number of nitrogens with zero attached hydrogens (tertiary/aromatic N) is 2. The van der Waals surface area contributed by atoms with Crippen LogP contribution >= 0.6 is 12.2 Å². The van der Waals surface area contributed by atoms with Crippen molar-refractivity contribution in [1.29, 1.82) is 0 Å². The molecule has 7 nitrogen and oxygen atoms in total. The zero-order chi connectivity index (χ0) is 18.3. The van der Waals surface area contributed by atoms with Crippen LogP contribution in [0.5, 0.6) is 5.75 Å². The number of nitrogens with two attached hydrogens (primary N) is 1. The van der Waals surface area contributed by atoms with Gasteiger partial charge in [0.1, 0.15) is 11.9 Å². The molecule has 1 aromatic carbocycles. The van der Waals surface area contributed by atoms with Crippen molar-refractivity contribution in [3.05, 3.63) is 34.0 Å². The van der Waals surface area contributed by atoms with Crippen LogP contribution < -0.4 is 10.5 Å². The van der Waals surface area contributed by atoms with Crippen LogP contribution in [0.2, 0.25) is 0 Å². The van der Waals surface area contributed by atoms with Crippen LogP contribution in [0, 0.1) is 4.51 Å². The van der Waals surface area contributed by atoms with E-state index in [0.717, 1.165) is 49.3 Å². The van der Waals surface area contributed by atoms with Gasteiger partial charge in [-0.05, 0) is 17.7 Å². The maximum absolute atomic E-state index is 11.8. The van der Waals surface area contributed by atoms with Crippen molar-refractivity contribution < 1.29 is 19.4 Å². The van der Waals surface area contributed by atoms with Gasteiger partial charge in [-0.1, -0.05) is 12.2 Å². The number of hydrogen-bond acceptors (Lipinski definition) is 6. The average molecular weight is 375 g/mol. The molecule has 2 aromatic rings. The van der Waals surface area contributed by atoms with Gasteiger partial charge in [-0.2, -0.15) is 0 Å². The standard InChI is InChI=1S/C18H21N3O4S/c19-18(23)14-9-21-8-12(10-22)25-15-6-11(5-13(16(15)21)17(14)26)7-20-1-3-24-4-2-20/h5-6,9,12,22H,1-4,7-8,10H2,(H2,19,23). The highest BCUT2D eigenvalue weighted by Crippen LogP contribution is 2.34. The number of carbonyl (C=O) groups is 1. The fourth-order valence-corrected chi connectivity index (χ4v) is 3.92. The van der Waals surface area contributed by atoms with Crippen LogP contribution in [0.15, 0.2) is 18.3 Å². The van der Waals surface area contributed by atoms with Gasteiger partial charge in [0.15, 0.2) is 0 Å². The summed E-state index contributed by atoms with van der Waals surface area (Å²) in [5.74, 6) is 0.131. The van der Waals surface area contributed by atoms with Crippen molar-refractivity contribution in [2.75, 3.05) is 32.9 Å². The molecule has 1 amide bonds. The van der Waals surface area contributed by atoms with Crippen LogP contribution in [0.3, 0.4) is 0 Å². The molecular formula is C18H21N3O4S. The Kier molecular flexibility index (Phi) is 4.66. The minimum absolute atomic E-state index is 0.108. The van der Waals surface area contributed by atoms with Gasteiger partial charge in [-0.25, -0.2) is 0 Å². The molecule has 0 aliphatic carbocycles.